The molecule has 2 bridgehead atoms. The Morgan fingerprint density at radius 3 is 2.65 bits per heavy atom. The van der Waals surface area contributed by atoms with E-state index in [0.717, 1.165) is 25.7 Å². The van der Waals surface area contributed by atoms with E-state index in [2.05, 4.69) is 11.4 Å². The number of benzene rings is 1. The number of methoxy groups -OCH3 is 1. The second-order valence-electron chi connectivity index (χ2n) is 14.6. The second kappa shape index (κ2) is 13.1. The summed E-state index contributed by atoms with van der Waals surface area (Å²) in [5, 5.41) is 2.86. The lowest BCUT2D eigenvalue weighted by Crippen LogP contribution is -2.57. The van der Waals surface area contributed by atoms with Gasteiger partial charge < -0.3 is 29.2 Å². The number of carbonyl (C=O) groups excluding carboxylic acids is 3. The van der Waals surface area contributed by atoms with Gasteiger partial charge in [-0.1, -0.05) is 47.6 Å². The van der Waals surface area contributed by atoms with Crippen molar-refractivity contribution >= 4 is 35.1 Å². The lowest BCUT2D eigenvalue weighted by molar-refractivity contribution is -0.156. The molecule has 6 atom stereocenters. The largest absolute Gasteiger partial charge is 0.497 e. The van der Waals surface area contributed by atoms with E-state index in [-0.39, 0.29) is 25.0 Å². The first-order chi connectivity index (χ1) is 21.7. The van der Waals surface area contributed by atoms with Gasteiger partial charge in [-0.15, -0.1) is 0 Å². The lowest BCUT2D eigenvalue weighted by Gasteiger charge is -2.35. The topological polar surface area (TPSA) is 129 Å². The predicted octanol–water partition coefficient (Wildman–Crippen LogP) is 5.55. The van der Waals surface area contributed by atoms with Crippen LogP contribution in [0.15, 0.2) is 24.3 Å². The maximum Gasteiger partial charge on any atom is 0.408 e. The molecule has 1 aliphatic carbocycles. The molecule has 1 aromatic carbocycles. The molecular weight excluding hydrogens is 588 g/mol. The SMILES string of the molecule is COc1ccc2nc3c(nc2c1)O[C@H]1CN(C(=O)[C@H](C(C)(C)C)NC(=O)O[C@@]2(C)C[C@@H]2CCCC=C3)[C@H](C(=O)OCC(C)C)[C@@H]1C. The molecule has 250 valence electrons. The normalized spacial score (nSPS) is 28.7. The van der Waals surface area contributed by atoms with Gasteiger partial charge in [-0.2, -0.15) is 0 Å². The molecule has 3 aliphatic rings. The number of ether oxygens (including phenoxy) is 4. The number of alkyl carbamates (subject to hydrolysis) is 1. The monoisotopic (exact) mass is 636 g/mol. The van der Waals surface area contributed by atoms with Gasteiger partial charge in [0, 0.05) is 17.9 Å². The van der Waals surface area contributed by atoms with Crippen LogP contribution in [0.3, 0.4) is 0 Å². The molecule has 2 aliphatic heterocycles. The van der Waals surface area contributed by atoms with E-state index in [0.29, 0.717) is 28.4 Å². The van der Waals surface area contributed by atoms with Crippen LogP contribution in [0, 0.1) is 23.2 Å². The highest BCUT2D eigenvalue weighted by molar-refractivity contribution is 5.91. The number of hydrogen-bond acceptors (Lipinski definition) is 9. The van der Waals surface area contributed by atoms with Crippen molar-refractivity contribution in [2.24, 2.45) is 23.2 Å². The van der Waals surface area contributed by atoms with Crippen molar-refractivity contribution in [1.29, 1.82) is 0 Å². The third-order valence-corrected chi connectivity index (χ3v) is 9.26. The van der Waals surface area contributed by atoms with E-state index >= 15 is 0 Å². The number of amides is 2. The van der Waals surface area contributed by atoms with E-state index in [1.165, 1.54) is 4.90 Å². The van der Waals surface area contributed by atoms with Crippen molar-refractivity contribution < 1.29 is 33.3 Å². The smallest absolute Gasteiger partial charge is 0.408 e. The Hall–Kier alpha value is -3.89. The molecule has 46 heavy (non-hydrogen) atoms. The molecule has 0 unspecified atom stereocenters. The Labute approximate surface area is 271 Å². The highest BCUT2D eigenvalue weighted by atomic mass is 16.6. The van der Waals surface area contributed by atoms with Gasteiger partial charge in [0.1, 0.15) is 35.2 Å². The molecule has 1 saturated carbocycles. The van der Waals surface area contributed by atoms with Gasteiger partial charge in [0.2, 0.25) is 11.8 Å². The van der Waals surface area contributed by atoms with Crippen LogP contribution in [0.25, 0.3) is 17.1 Å². The molecule has 1 N–H and O–H groups in total. The Morgan fingerprint density at radius 2 is 1.96 bits per heavy atom. The third-order valence-electron chi connectivity index (χ3n) is 9.26. The fourth-order valence-electron chi connectivity index (χ4n) is 6.32. The molecule has 11 heteroatoms. The zero-order valence-electron chi connectivity index (χ0n) is 28.3. The Kier molecular flexibility index (Phi) is 9.52. The Bertz CT molecular complexity index is 1500. The maximum atomic E-state index is 14.4. The van der Waals surface area contributed by atoms with Crippen molar-refractivity contribution in [1.82, 2.24) is 20.2 Å². The number of fused-ring (bicyclic) bond motifs is 5. The summed E-state index contributed by atoms with van der Waals surface area (Å²) in [4.78, 5) is 52.4. The number of esters is 1. The number of nitrogens with zero attached hydrogens (tertiary/aromatic N) is 3. The van der Waals surface area contributed by atoms with E-state index in [1.54, 1.807) is 13.2 Å². The minimum absolute atomic E-state index is 0.0888. The molecule has 2 aromatic rings. The number of rotatable bonds is 4. The van der Waals surface area contributed by atoms with Gasteiger partial charge in [0.15, 0.2) is 0 Å². The molecule has 2 fully saturated rings. The predicted molar refractivity (Wildman–Crippen MR) is 173 cm³/mol. The van der Waals surface area contributed by atoms with E-state index in [9.17, 15) is 14.4 Å². The minimum Gasteiger partial charge on any atom is -0.497 e. The zero-order valence-corrected chi connectivity index (χ0v) is 28.3. The number of carbonyl (C=O) groups is 3. The minimum atomic E-state index is -0.961. The summed E-state index contributed by atoms with van der Waals surface area (Å²) >= 11 is 0. The van der Waals surface area contributed by atoms with Crippen molar-refractivity contribution in [3.05, 3.63) is 30.0 Å². The molecule has 0 spiro atoms. The second-order valence-corrected chi connectivity index (χ2v) is 14.6. The summed E-state index contributed by atoms with van der Waals surface area (Å²) in [6.45, 7) is 13.7. The van der Waals surface area contributed by atoms with Crippen LogP contribution in [-0.4, -0.2) is 76.9 Å². The molecule has 0 radical (unpaired) electrons. The highest BCUT2D eigenvalue weighted by Gasteiger charge is 2.54. The van der Waals surface area contributed by atoms with Gasteiger partial charge in [-0.25, -0.2) is 19.6 Å². The van der Waals surface area contributed by atoms with Gasteiger partial charge >= 0.3 is 12.1 Å². The van der Waals surface area contributed by atoms with Crippen LogP contribution in [0.1, 0.15) is 79.8 Å². The van der Waals surface area contributed by atoms with Gasteiger partial charge in [0.25, 0.3) is 0 Å². The van der Waals surface area contributed by atoms with Gasteiger partial charge in [0.05, 0.1) is 31.3 Å². The fraction of sp³-hybridized carbons (Fsp3) is 0.629. The Morgan fingerprint density at radius 1 is 1.20 bits per heavy atom. The van der Waals surface area contributed by atoms with Crippen LogP contribution >= 0.6 is 0 Å². The van der Waals surface area contributed by atoms with Gasteiger partial charge in [-0.05, 0) is 62.1 Å². The average Bonchev–Trinajstić information content (AvgIpc) is 3.50. The first-order valence-corrected chi connectivity index (χ1v) is 16.4. The molecule has 1 saturated heterocycles. The summed E-state index contributed by atoms with van der Waals surface area (Å²) in [5.41, 5.74) is 0.595. The summed E-state index contributed by atoms with van der Waals surface area (Å²) in [6, 6.07) is 3.60. The van der Waals surface area contributed by atoms with Crippen LogP contribution in [0.5, 0.6) is 11.6 Å². The summed E-state index contributed by atoms with van der Waals surface area (Å²) in [7, 11) is 1.59. The van der Waals surface area contributed by atoms with E-state index in [4.69, 9.17) is 28.9 Å². The van der Waals surface area contributed by atoms with Crippen molar-refractivity contribution in [3.63, 3.8) is 0 Å². The van der Waals surface area contributed by atoms with Crippen LogP contribution < -0.4 is 14.8 Å². The average molecular weight is 637 g/mol. The number of nitrogens with one attached hydrogen (secondary N) is 1. The van der Waals surface area contributed by atoms with Crippen molar-refractivity contribution in [2.45, 2.75) is 97.9 Å². The van der Waals surface area contributed by atoms with Crippen molar-refractivity contribution in [3.8, 4) is 11.6 Å². The fourth-order valence-corrected chi connectivity index (χ4v) is 6.32. The van der Waals surface area contributed by atoms with Gasteiger partial charge in [-0.3, -0.25) is 4.79 Å². The molecule has 1 aromatic heterocycles. The lowest BCUT2D eigenvalue weighted by atomic mass is 9.85. The number of allylic oxidation sites excluding steroid dienone is 1. The van der Waals surface area contributed by atoms with E-state index in [1.807, 2.05) is 66.7 Å². The first-order valence-electron chi connectivity index (χ1n) is 16.4. The third kappa shape index (κ3) is 7.23. The number of hydrogen-bond donors (Lipinski definition) is 1. The quantitative estimate of drug-likeness (QED) is 0.430. The maximum absolute atomic E-state index is 14.4. The highest BCUT2D eigenvalue weighted by Crippen LogP contribution is 2.49. The zero-order chi connectivity index (χ0) is 33.4. The summed E-state index contributed by atoms with van der Waals surface area (Å²) < 4.78 is 23.6. The molecular formula is C35H48N4O7. The standard InChI is InChI=1S/C35H48N4O7/c1-20(2)19-44-32(41)28-21(3)27-18-39(28)31(40)29(34(4,5)6)38-33(42)46-35(7)17-22(35)12-10-9-11-13-25-30(45-27)37-26-16-23(43-8)14-15-24(26)36-25/h11,13-16,20-22,27-29H,9-10,12,17-19H2,1-8H3,(H,38,42)/t21-,22+,27+,28+,29-,35+/m1/s1. The first kappa shape index (κ1) is 33.5. The van der Waals surface area contributed by atoms with Crippen LogP contribution in [0.2, 0.25) is 0 Å². The van der Waals surface area contributed by atoms with E-state index < -0.39 is 53.1 Å². The number of aromatic nitrogens is 2. The molecule has 11 nitrogen and oxygen atoms in total. The van der Waals surface area contributed by atoms with Crippen molar-refractivity contribution in [2.75, 3.05) is 20.3 Å². The summed E-state index contributed by atoms with van der Waals surface area (Å²) in [6.07, 6.45) is 6.11. The molecule has 2 amide bonds. The molecule has 5 rings (SSSR count). The van der Waals surface area contributed by atoms with Crippen LogP contribution in [-0.2, 0) is 19.1 Å². The summed E-state index contributed by atoms with van der Waals surface area (Å²) in [5.74, 6) is -0.0604. The molecule has 3 heterocycles. The van der Waals surface area contributed by atoms with Crippen LogP contribution in [0.4, 0.5) is 4.79 Å². The Balaban J connectivity index is 1.56.